The summed E-state index contributed by atoms with van der Waals surface area (Å²) in [6.07, 6.45) is -0.670. The molecule has 0 radical (unpaired) electrons. The average Bonchev–Trinajstić information content (AvgIpc) is 2.14. The van der Waals surface area contributed by atoms with E-state index < -0.39 is 49.3 Å². The Morgan fingerprint density at radius 1 is 1.00 bits per heavy atom. The third kappa shape index (κ3) is 6.43. The topological polar surface area (TPSA) is 164 Å². The second-order valence-electron chi connectivity index (χ2n) is 3.62. The van der Waals surface area contributed by atoms with E-state index in [1.54, 1.807) is 0 Å². The molecule has 0 aliphatic rings. The number of primary amides is 2. The molecule has 0 saturated carbocycles. The number of amides is 2. The lowest BCUT2D eigenvalue weighted by atomic mass is 10.1. The predicted molar refractivity (Wildman–Crippen MR) is 58.3 cm³/mol. The standard InChI is InChI=1S/C9H15N3O6/c10-6(13)3-12(4-7(11)14)5(9(17)18)1-2-8(15)16/h5H,1-4H2,(H2,10,13)(H2,11,14)(H,15,16)(H,17,18)/t5-/m0/s1. The first-order chi connectivity index (χ1) is 8.23. The molecular formula is C9H15N3O6. The molecule has 9 nitrogen and oxygen atoms in total. The van der Waals surface area contributed by atoms with Crippen molar-refractivity contribution in [1.29, 1.82) is 0 Å². The van der Waals surface area contributed by atoms with Crippen molar-refractivity contribution in [3.63, 3.8) is 0 Å². The first-order valence-electron chi connectivity index (χ1n) is 4.99. The normalized spacial score (nSPS) is 12.1. The minimum Gasteiger partial charge on any atom is -0.481 e. The molecule has 0 saturated heterocycles. The van der Waals surface area contributed by atoms with Gasteiger partial charge < -0.3 is 21.7 Å². The maximum atomic E-state index is 11.0. The molecule has 0 aromatic heterocycles. The van der Waals surface area contributed by atoms with Crippen LogP contribution in [-0.4, -0.2) is 58.0 Å². The number of nitrogens with zero attached hydrogens (tertiary/aromatic N) is 1. The van der Waals surface area contributed by atoms with Crippen LogP contribution in [0.5, 0.6) is 0 Å². The summed E-state index contributed by atoms with van der Waals surface area (Å²) in [6.45, 7) is -0.973. The number of hydrogen-bond donors (Lipinski definition) is 4. The summed E-state index contributed by atoms with van der Waals surface area (Å²) < 4.78 is 0. The summed E-state index contributed by atoms with van der Waals surface area (Å²) in [7, 11) is 0. The summed E-state index contributed by atoms with van der Waals surface area (Å²) in [4.78, 5) is 43.9. The van der Waals surface area contributed by atoms with Gasteiger partial charge in [-0.2, -0.15) is 0 Å². The third-order valence-electron chi connectivity index (χ3n) is 2.08. The van der Waals surface area contributed by atoms with Crippen molar-refractivity contribution < 1.29 is 29.4 Å². The molecule has 1 atom stereocenters. The zero-order valence-electron chi connectivity index (χ0n) is 9.54. The van der Waals surface area contributed by atoms with Crippen LogP contribution in [0.4, 0.5) is 0 Å². The van der Waals surface area contributed by atoms with Crippen LogP contribution in [0.2, 0.25) is 0 Å². The van der Waals surface area contributed by atoms with Gasteiger partial charge in [0.2, 0.25) is 11.8 Å². The van der Waals surface area contributed by atoms with Crippen molar-refractivity contribution in [1.82, 2.24) is 4.90 Å². The van der Waals surface area contributed by atoms with Gasteiger partial charge in [-0.25, -0.2) is 0 Å². The SMILES string of the molecule is NC(=O)CN(CC(N)=O)[C@@H](CCC(=O)O)C(=O)O. The molecule has 102 valence electrons. The number of carbonyl (C=O) groups is 4. The largest absolute Gasteiger partial charge is 0.481 e. The molecule has 0 aliphatic heterocycles. The fourth-order valence-electron chi connectivity index (χ4n) is 1.40. The third-order valence-corrected chi connectivity index (χ3v) is 2.08. The van der Waals surface area contributed by atoms with Crippen LogP contribution in [0.3, 0.4) is 0 Å². The van der Waals surface area contributed by atoms with Crippen molar-refractivity contribution in [3.05, 3.63) is 0 Å². The van der Waals surface area contributed by atoms with Gasteiger partial charge in [0, 0.05) is 6.42 Å². The molecular weight excluding hydrogens is 246 g/mol. The molecule has 0 bridgehead atoms. The number of nitrogens with two attached hydrogens (primary N) is 2. The van der Waals surface area contributed by atoms with Crippen LogP contribution in [0.25, 0.3) is 0 Å². The predicted octanol–water partition coefficient (Wildman–Crippen LogP) is -2.42. The smallest absolute Gasteiger partial charge is 0.320 e. The van der Waals surface area contributed by atoms with Gasteiger partial charge in [0.15, 0.2) is 0 Å². The first-order valence-corrected chi connectivity index (χ1v) is 4.99. The van der Waals surface area contributed by atoms with E-state index in [4.69, 9.17) is 21.7 Å². The van der Waals surface area contributed by atoms with Crippen LogP contribution in [0.1, 0.15) is 12.8 Å². The van der Waals surface area contributed by atoms with Crippen LogP contribution in [0.15, 0.2) is 0 Å². The van der Waals surface area contributed by atoms with E-state index in [2.05, 4.69) is 0 Å². The highest BCUT2D eigenvalue weighted by molar-refractivity contribution is 5.82. The summed E-state index contributed by atoms with van der Waals surface area (Å²) >= 11 is 0. The second kappa shape index (κ2) is 7.22. The summed E-state index contributed by atoms with van der Waals surface area (Å²) in [5.41, 5.74) is 9.84. The van der Waals surface area contributed by atoms with Gasteiger partial charge in [-0.15, -0.1) is 0 Å². The first kappa shape index (κ1) is 15.8. The summed E-state index contributed by atoms with van der Waals surface area (Å²) in [6, 6.07) is -1.30. The highest BCUT2D eigenvalue weighted by Gasteiger charge is 2.28. The molecule has 9 heteroatoms. The lowest BCUT2D eigenvalue weighted by molar-refractivity contribution is -0.145. The van der Waals surface area contributed by atoms with E-state index in [0.29, 0.717) is 0 Å². The van der Waals surface area contributed by atoms with Crippen molar-refractivity contribution in [2.75, 3.05) is 13.1 Å². The van der Waals surface area contributed by atoms with E-state index in [-0.39, 0.29) is 6.42 Å². The molecule has 0 aromatic carbocycles. The molecule has 18 heavy (non-hydrogen) atoms. The van der Waals surface area contributed by atoms with Gasteiger partial charge in [-0.05, 0) is 6.42 Å². The van der Waals surface area contributed by atoms with Gasteiger partial charge >= 0.3 is 11.9 Å². The van der Waals surface area contributed by atoms with Crippen molar-refractivity contribution in [2.45, 2.75) is 18.9 Å². The van der Waals surface area contributed by atoms with Gasteiger partial charge in [0.05, 0.1) is 13.1 Å². The maximum absolute atomic E-state index is 11.0. The van der Waals surface area contributed by atoms with Gasteiger partial charge in [-0.3, -0.25) is 24.1 Å². The second-order valence-corrected chi connectivity index (χ2v) is 3.62. The number of aliphatic carboxylic acids is 2. The molecule has 0 aliphatic carbocycles. The van der Waals surface area contributed by atoms with Crippen LogP contribution in [0, 0.1) is 0 Å². The molecule has 0 unspecified atom stereocenters. The van der Waals surface area contributed by atoms with Crippen molar-refractivity contribution >= 4 is 23.8 Å². The molecule has 2 amide bonds. The van der Waals surface area contributed by atoms with Crippen LogP contribution < -0.4 is 11.5 Å². The minimum atomic E-state index is -1.35. The zero-order chi connectivity index (χ0) is 14.3. The van der Waals surface area contributed by atoms with Crippen LogP contribution in [-0.2, 0) is 19.2 Å². The molecule has 0 heterocycles. The van der Waals surface area contributed by atoms with E-state index in [1.807, 2.05) is 0 Å². The molecule has 0 aromatic rings. The maximum Gasteiger partial charge on any atom is 0.320 e. The Hall–Kier alpha value is -2.16. The van der Waals surface area contributed by atoms with Gasteiger partial charge in [-0.1, -0.05) is 0 Å². The lowest BCUT2D eigenvalue weighted by Crippen LogP contribution is -2.49. The molecule has 0 spiro atoms. The molecule has 6 N–H and O–H groups in total. The van der Waals surface area contributed by atoms with Gasteiger partial charge in [0.1, 0.15) is 6.04 Å². The molecule has 0 rings (SSSR count). The van der Waals surface area contributed by atoms with E-state index in [9.17, 15) is 19.2 Å². The summed E-state index contributed by atoms with van der Waals surface area (Å²) in [5.74, 6) is -4.20. The zero-order valence-corrected chi connectivity index (χ0v) is 9.54. The number of carboxylic acids is 2. The summed E-state index contributed by atoms with van der Waals surface area (Å²) in [5, 5.41) is 17.4. The number of rotatable bonds is 9. The number of carboxylic acid groups (broad SMARTS) is 2. The van der Waals surface area contributed by atoms with Crippen molar-refractivity contribution in [2.24, 2.45) is 11.5 Å². The Labute approximate surface area is 102 Å². The number of carbonyl (C=O) groups excluding carboxylic acids is 2. The lowest BCUT2D eigenvalue weighted by Gasteiger charge is -2.25. The Morgan fingerprint density at radius 2 is 1.44 bits per heavy atom. The van der Waals surface area contributed by atoms with E-state index in [1.165, 1.54) is 0 Å². The number of hydrogen-bond acceptors (Lipinski definition) is 5. The van der Waals surface area contributed by atoms with E-state index in [0.717, 1.165) is 4.90 Å². The minimum absolute atomic E-state index is 0.259. The molecule has 0 fully saturated rings. The quantitative estimate of drug-likeness (QED) is 0.358. The Balaban J connectivity index is 4.83. The van der Waals surface area contributed by atoms with Crippen LogP contribution >= 0.6 is 0 Å². The Morgan fingerprint density at radius 3 is 1.72 bits per heavy atom. The highest BCUT2D eigenvalue weighted by Crippen LogP contribution is 2.07. The fraction of sp³-hybridized carbons (Fsp3) is 0.556. The Bertz CT molecular complexity index is 340. The fourth-order valence-corrected chi connectivity index (χ4v) is 1.40. The van der Waals surface area contributed by atoms with E-state index >= 15 is 0 Å². The highest BCUT2D eigenvalue weighted by atomic mass is 16.4. The van der Waals surface area contributed by atoms with Gasteiger partial charge in [0.25, 0.3) is 0 Å². The Kier molecular flexibility index (Phi) is 6.35. The average molecular weight is 261 g/mol. The van der Waals surface area contributed by atoms with Crippen molar-refractivity contribution in [3.8, 4) is 0 Å². The monoisotopic (exact) mass is 261 g/mol.